The molecule has 0 spiro atoms. The van der Waals surface area contributed by atoms with Crippen LogP contribution in [0.2, 0.25) is 0 Å². The SMILES string of the molecule is Cc1cc(N2CCC(NC(=O)c3ccn(C)n3)CC2)nc(C2CC2)n1. The summed E-state index contributed by atoms with van der Waals surface area (Å²) in [7, 11) is 1.81. The lowest BCUT2D eigenvalue weighted by Crippen LogP contribution is -2.45. The smallest absolute Gasteiger partial charge is 0.271 e. The molecule has 2 aromatic rings. The molecule has 0 atom stereocenters. The number of hydrogen-bond acceptors (Lipinski definition) is 5. The molecule has 1 amide bonds. The fraction of sp³-hybridized carbons (Fsp3) is 0.556. The topological polar surface area (TPSA) is 75.9 Å². The van der Waals surface area contributed by atoms with E-state index in [1.165, 1.54) is 12.8 Å². The highest BCUT2D eigenvalue weighted by Crippen LogP contribution is 2.38. The zero-order valence-corrected chi connectivity index (χ0v) is 14.8. The van der Waals surface area contributed by atoms with E-state index in [1.807, 2.05) is 14.0 Å². The highest BCUT2D eigenvalue weighted by Gasteiger charge is 2.28. The van der Waals surface area contributed by atoms with Crippen molar-refractivity contribution in [1.29, 1.82) is 0 Å². The molecule has 25 heavy (non-hydrogen) atoms. The van der Waals surface area contributed by atoms with Crippen molar-refractivity contribution in [2.75, 3.05) is 18.0 Å². The van der Waals surface area contributed by atoms with Gasteiger partial charge >= 0.3 is 0 Å². The van der Waals surface area contributed by atoms with Gasteiger partial charge in [0.05, 0.1) is 0 Å². The average Bonchev–Trinajstić information content (AvgIpc) is 3.36. The van der Waals surface area contributed by atoms with E-state index in [9.17, 15) is 4.79 Å². The summed E-state index contributed by atoms with van der Waals surface area (Å²) in [5.41, 5.74) is 1.52. The summed E-state index contributed by atoms with van der Waals surface area (Å²) in [4.78, 5) is 23.9. The molecule has 2 fully saturated rings. The Morgan fingerprint density at radius 1 is 1.20 bits per heavy atom. The highest BCUT2D eigenvalue weighted by atomic mass is 16.2. The number of hydrogen-bond donors (Lipinski definition) is 1. The number of rotatable bonds is 4. The first-order chi connectivity index (χ1) is 12.1. The average molecular weight is 340 g/mol. The minimum atomic E-state index is -0.0899. The molecular weight excluding hydrogens is 316 g/mol. The summed E-state index contributed by atoms with van der Waals surface area (Å²) in [6.07, 6.45) is 6.04. The second kappa shape index (κ2) is 6.46. The first kappa shape index (κ1) is 16.1. The van der Waals surface area contributed by atoms with Gasteiger partial charge in [0, 0.05) is 50.1 Å². The van der Waals surface area contributed by atoms with Crippen molar-refractivity contribution in [3.63, 3.8) is 0 Å². The van der Waals surface area contributed by atoms with Crippen LogP contribution in [0, 0.1) is 6.92 Å². The number of carbonyl (C=O) groups is 1. The lowest BCUT2D eigenvalue weighted by Gasteiger charge is -2.33. The van der Waals surface area contributed by atoms with Crippen molar-refractivity contribution >= 4 is 11.7 Å². The molecule has 1 saturated carbocycles. The fourth-order valence-corrected chi connectivity index (χ4v) is 3.31. The Morgan fingerprint density at radius 3 is 2.60 bits per heavy atom. The van der Waals surface area contributed by atoms with Crippen LogP contribution < -0.4 is 10.2 Å². The van der Waals surface area contributed by atoms with Crippen LogP contribution in [0.5, 0.6) is 0 Å². The number of piperidine rings is 1. The molecule has 0 aromatic carbocycles. The van der Waals surface area contributed by atoms with E-state index in [4.69, 9.17) is 4.98 Å². The van der Waals surface area contributed by atoms with Crippen LogP contribution in [-0.4, -0.2) is 44.8 Å². The number of amides is 1. The molecule has 0 radical (unpaired) electrons. The Hall–Kier alpha value is -2.44. The number of aryl methyl sites for hydroxylation is 2. The monoisotopic (exact) mass is 340 g/mol. The van der Waals surface area contributed by atoms with E-state index in [1.54, 1.807) is 16.9 Å². The van der Waals surface area contributed by atoms with Crippen LogP contribution in [-0.2, 0) is 7.05 Å². The maximum absolute atomic E-state index is 12.2. The van der Waals surface area contributed by atoms with Crippen LogP contribution in [0.3, 0.4) is 0 Å². The maximum atomic E-state index is 12.2. The van der Waals surface area contributed by atoms with Crippen molar-refractivity contribution in [1.82, 2.24) is 25.1 Å². The van der Waals surface area contributed by atoms with Crippen LogP contribution in [0.4, 0.5) is 5.82 Å². The van der Waals surface area contributed by atoms with Gasteiger partial charge in [0.15, 0.2) is 0 Å². The van der Waals surface area contributed by atoms with Crippen molar-refractivity contribution < 1.29 is 4.79 Å². The van der Waals surface area contributed by atoms with E-state index in [-0.39, 0.29) is 11.9 Å². The summed E-state index contributed by atoms with van der Waals surface area (Å²) in [5.74, 6) is 2.51. The third-order valence-electron chi connectivity index (χ3n) is 4.90. The number of carbonyl (C=O) groups excluding carboxylic acids is 1. The molecule has 7 heteroatoms. The van der Waals surface area contributed by atoms with Gasteiger partial charge in [-0.15, -0.1) is 0 Å². The van der Waals surface area contributed by atoms with Crippen LogP contribution in [0.1, 0.15) is 53.6 Å². The maximum Gasteiger partial charge on any atom is 0.271 e. The van der Waals surface area contributed by atoms with E-state index < -0.39 is 0 Å². The summed E-state index contributed by atoms with van der Waals surface area (Å²) >= 11 is 0. The van der Waals surface area contributed by atoms with Gasteiger partial charge in [-0.2, -0.15) is 5.10 Å². The van der Waals surface area contributed by atoms with Crippen LogP contribution in [0.25, 0.3) is 0 Å². The lowest BCUT2D eigenvalue weighted by atomic mass is 10.0. The molecule has 132 valence electrons. The number of aromatic nitrogens is 4. The Balaban J connectivity index is 1.36. The number of nitrogens with one attached hydrogen (secondary N) is 1. The van der Waals surface area contributed by atoms with E-state index in [0.717, 1.165) is 43.3 Å². The highest BCUT2D eigenvalue weighted by molar-refractivity contribution is 5.92. The second-order valence-electron chi connectivity index (χ2n) is 7.11. The Morgan fingerprint density at radius 2 is 1.96 bits per heavy atom. The molecule has 1 N–H and O–H groups in total. The molecule has 3 heterocycles. The molecule has 1 aliphatic heterocycles. The minimum absolute atomic E-state index is 0.0899. The van der Waals surface area contributed by atoms with Crippen molar-refractivity contribution in [3.05, 3.63) is 35.5 Å². The van der Waals surface area contributed by atoms with E-state index >= 15 is 0 Å². The molecule has 1 aliphatic carbocycles. The van der Waals surface area contributed by atoms with Gasteiger partial charge in [-0.05, 0) is 38.7 Å². The lowest BCUT2D eigenvalue weighted by molar-refractivity contribution is 0.0925. The predicted molar refractivity (Wildman–Crippen MR) is 94.7 cm³/mol. The van der Waals surface area contributed by atoms with E-state index in [0.29, 0.717) is 11.6 Å². The van der Waals surface area contributed by atoms with Gasteiger partial charge in [0.25, 0.3) is 5.91 Å². The second-order valence-corrected chi connectivity index (χ2v) is 7.11. The molecule has 7 nitrogen and oxygen atoms in total. The molecule has 2 aliphatic rings. The Bertz CT molecular complexity index is 774. The normalized spacial score (nSPS) is 18.4. The first-order valence-electron chi connectivity index (χ1n) is 8.99. The molecule has 1 saturated heterocycles. The Labute approximate surface area is 147 Å². The zero-order chi connectivity index (χ0) is 17.4. The summed E-state index contributed by atoms with van der Waals surface area (Å²) in [6.45, 7) is 3.83. The first-order valence-corrected chi connectivity index (χ1v) is 8.99. The van der Waals surface area contributed by atoms with Gasteiger partial charge in [0.1, 0.15) is 17.3 Å². The quantitative estimate of drug-likeness (QED) is 0.918. The number of anilines is 1. The molecule has 2 aromatic heterocycles. The fourth-order valence-electron chi connectivity index (χ4n) is 3.31. The Kier molecular flexibility index (Phi) is 4.15. The molecular formula is C18H24N6O. The van der Waals surface area contributed by atoms with Crippen molar-refractivity contribution in [3.8, 4) is 0 Å². The largest absolute Gasteiger partial charge is 0.356 e. The van der Waals surface area contributed by atoms with Gasteiger partial charge in [-0.3, -0.25) is 9.48 Å². The molecule has 0 bridgehead atoms. The van der Waals surface area contributed by atoms with Crippen molar-refractivity contribution in [2.24, 2.45) is 7.05 Å². The van der Waals surface area contributed by atoms with Crippen LogP contribution >= 0.6 is 0 Å². The van der Waals surface area contributed by atoms with Crippen molar-refractivity contribution in [2.45, 2.75) is 44.6 Å². The van der Waals surface area contributed by atoms with Gasteiger partial charge in [-0.25, -0.2) is 9.97 Å². The third-order valence-corrected chi connectivity index (χ3v) is 4.90. The van der Waals surface area contributed by atoms with Crippen LogP contribution in [0.15, 0.2) is 18.3 Å². The molecule has 4 rings (SSSR count). The van der Waals surface area contributed by atoms with Gasteiger partial charge in [0.2, 0.25) is 0 Å². The minimum Gasteiger partial charge on any atom is -0.356 e. The third kappa shape index (κ3) is 3.65. The van der Waals surface area contributed by atoms with Gasteiger partial charge in [-0.1, -0.05) is 0 Å². The molecule has 0 unspecified atom stereocenters. The zero-order valence-electron chi connectivity index (χ0n) is 14.8. The van der Waals surface area contributed by atoms with E-state index in [2.05, 4.69) is 26.4 Å². The standard InChI is InChI=1S/C18H24N6O/c1-12-11-16(21-17(19-12)13-3-4-13)24-9-5-14(6-10-24)20-18(25)15-7-8-23(2)22-15/h7-8,11,13-14H,3-6,9-10H2,1-2H3,(H,20,25). The number of nitrogens with zero attached hydrogens (tertiary/aromatic N) is 5. The summed E-state index contributed by atoms with van der Waals surface area (Å²) in [6, 6.07) is 4.00. The summed E-state index contributed by atoms with van der Waals surface area (Å²) in [5, 5.41) is 7.25. The summed E-state index contributed by atoms with van der Waals surface area (Å²) < 4.78 is 1.65. The predicted octanol–water partition coefficient (Wildman–Crippen LogP) is 1.79. The van der Waals surface area contributed by atoms with Gasteiger partial charge < -0.3 is 10.2 Å².